The molecular weight excluding hydrogens is 442 g/mol. The summed E-state index contributed by atoms with van der Waals surface area (Å²) in [5, 5.41) is 10.5. The molecule has 2 aliphatic rings. The van der Waals surface area contributed by atoms with Gasteiger partial charge in [-0.25, -0.2) is 13.4 Å². The number of aromatic hydroxyl groups is 1. The van der Waals surface area contributed by atoms with Gasteiger partial charge in [-0.1, -0.05) is 18.2 Å². The van der Waals surface area contributed by atoms with E-state index in [1.165, 1.54) is 23.1 Å². The van der Waals surface area contributed by atoms with Crippen LogP contribution in [0.3, 0.4) is 0 Å². The van der Waals surface area contributed by atoms with E-state index in [2.05, 4.69) is 0 Å². The Labute approximate surface area is 174 Å². The molecule has 31 heavy (non-hydrogen) atoms. The Kier molecular flexibility index (Phi) is 5.09. The Balaban J connectivity index is 1.71. The molecule has 12 heteroatoms. The van der Waals surface area contributed by atoms with E-state index >= 15 is 4.39 Å². The second kappa shape index (κ2) is 7.38. The van der Waals surface area contributed by atoms with Crippen LogP contribution in [-0.2, 0) is 15.0 Å². The number of nitrogens with zero attached hydrogens (tertiary/aromatic N) is 2. The Morgan fingerprint density at radius 3 is 2.52 bits per heavy atom. The molecule has 1 fully saturated rings. The topological polar surface area (TPSA) is 90.0 Å². The number of rotatable bonds is 3. The molecule has 0 radical (unpaired) electrons. The van der Waals surface area contributed by atoms with E-state index in [-0.39, 0.29) is 18.5 Å². The lowest BCUT2D eigenvalue weighted by Gasteiger charge is -2.27. The first-order chi connectivity index (χ1) is 14.4. The van der Waals surface area contributed by atoms with Crippen LogP contribution in [0, 0.1) is 5.82 Å². The molecule has 0 aliphatic carbocycles. The van der Waals surface area contributed by atoms with E-state index in [0.717, 1.165) is 5.57 Å². The van der Waals surface area contributed by atoms with Crippen LogP contribution in [0.4, 0.5) is 23.2 Å². The van der Waals surface area contributed by atoms with E-state index < -0.39 is 52.6 Å². The number of carbonyl (C=O) groups excluding carboxylic acids is 1. The zero-order valence-electron chi connectivity index (χ0n) is 15.9. The first kappa shape index (κ1) is 21.4. The number of alkyl halides is 3. The molecular formula is C19H17F4N3O4S. The molecule has 2 N–H and O–H groups in total. The summed E-state index contributed by atoms with van der Waals surface area (Å²) in [6.45, 7) is -1.40. The zero-order chi connectivity index (χ0) is 22.6. The number of phenols is 1. The monoisotopic (exact) mass is 459 g/mol. The molecule has 7 nitrogen and oxygen atoms in total. The maximum Gasteiger partial charge on any atom is 0.401 e. The van der Waals surface area contributed by atoms with Gasteiger partial charge in [-0.05, 0) is 35.1 Å². The maximum atomic E-state index is 15.3. The molecule has 1 amide bonds. The number of phenolic OH excluding ortho intramolecular Hbond substituents is 1. The minimum Gasteiger partial charge on any atom is -0.506 e. The summed E-state index contributed by atoms with van der Waals surface area (Å²) in [5.41, 5.74) is 0.671. The standard InChI is InChI=1S/C19H17F4N3O4S/c20-17-14-7-12(11-3-5-25(6-4-11)10-19(21,22)23)1-2-13(14)8-15(27)18(17)26-9-16(28)24-31(26,29)30/h1-3,7-8,27H,4-6,9-10H2,(H,24,28). The highest BCUT2D eigenvalue weighted by Crippen LogP contribution is 2.39. The van der Waals surface area contributed by atoms with Crippen LogP contribution < -0.4 is 9.03 Å². The van der Waals surface area contributed by atoms with Crippen LogP contribution >= 0.6 is 0 Å². The molecule has 1 saturated heterocycles. The molecule has 0 aromatic heterocycles. The average molecular weight is 459 g/mol. The molecule has 0 bridgehead atoms. The number of benzene rings is 2. The van der Waals surface area contributed by atoms with Gasteiger partial charge in [0.25, 0.3) is 5.91 Å². The minimum absolute atomic E-state index is 0.0125. The van der Waals surface area contributed by atoms with Crippen molar-refractivity contribution in [3.8, 4) is 5.75 Å². The second-order valence-corrected chi connectivity index (χ2v) is 8.96. The van der Waals surface area contributed by atoms with Gasteiger partial charge >= 0.3 is 16.4 Å². The molecule has 0 spiro atoms. The van der Waals surface area contributed by atoms with Crippen molar-refractivity contribution in [2.24, 2.45) is 0 Å². The smallest absolute Gasteiger partial charge is 0.401 e. The highest BCUT2D eigenvalue weighted by Gasteiger charge is 2.38. The van der Waals surface area contributed by atoms with Crippen molar-refractivity contribution in [2.45, 2.75) is 12.6 Å². The first-order valence-corrected chi connectivity index (χ1v) is 10.7. The summed E-state index contributed by atoms with van der Waals surface area (Å²) < 4.78 is 79.3. The van der Waals surface area contributed by atoms with Crippen molar-refractivity contribution in [3.05, 3.63) is 41.7 Å². The lowest BCUT2D eigenvalue weighted by Crippen LogP contribution is -2.36. The third-order valence-corrected chi connectivity index (χ3v) is 6.55. The molecule has 166 valence electrons. The number of halogens is 4. The lowest BCUT2D eigenvalue weighted by atomic mass is 9.96. The molecule has 0 saturated carbocycles. The van der Waals surface area contributed by atoms with Gasteiger partial charge in [0.15, 0.2) is 5.82 Å². The maximum absolute atomic E-state index is 15.3. The summed E-state index contributed by atoms with van der Waals surface area (Å²) in [6, 6.07) is 5.83. The molecule has 2 aromatic carbocycles. The Morgan fingerprint density at radius 1 is 1.19 bits per heavy atom. The number of anilines is 1. The average Bonchev–Trinajstić information content (AvgIpc) is 2.93. The number of hydrogen-bond acceptors (Lipinski definition) is 5. The van der Waals surface area contributed by atoms with Crippen LogP contribution in [-0.4, -0.2) is 56.7 Å². The van der Waals surface area contributed by atoms with E-state index in [4.69, 9.17) is 0 Å². The fourth-order valence-electron chi connectivity index (χ4n) is 3.78. The molecule has 4 rings (SSSR count). The molecule has 0 unspecified atom stereocenters. The van der Waals surface area contributed by atoms with Crippen LogP contribution in [0.25, 0.3) is 16.3 Å². The summed E-state index contributed by atoms with van der Waals surface area (Å²) in [7, 11) is -4.33. The third kappa shape index (κ3) is 4.17. The second-order valence-electron chi connectivity index (χ2n) is 7.36. The zero-order valence-corrected chi connectivity index (χ0v) is 16.7. The third-order valence-electron chi connectivity index (χ3n) is 5.17. The predicted octanol–water partition coefficient (Wildman–Crippen LogP) is 2.52. The normalized spacial score (nSPS) is 19.5. The summed E-state index contributed by atoms with van der Waals surface area (Å²) in [4.78, 5) is 12.7. The summed E-state index contributed by atoms with van der Waals surface area (Å²) in [6.07, 6.45) is -2.32. The number of hydrogen-bond donors (Lipinski definition) is 2. The number of carbonyl (C=O) groups is 1. The highest BCUT2D eigenvalue weighted by atomic mass is 32.2. The van der Waals surface area contributed by atoms with E-state index in [1.807, 2.05) is 0 Å². The largest absolute Gasteiger partial charge is 0.506 e. The lowest BCUT2D eigenvalue weighted by molar-refractivity contribution is -0.144. The Bertz CT molecular complexity index is 1210. The van der Waals surface area contributed by atoms with Crippen LogP contribution in [0.1, 0.15) is 12.0 Å². The fourth-order valence-corrected chi connectivity index (χ4v) is 4.94. The van der Waals surface area contributed by atoms with Crippen molar-refractivity contribution in [2.75, 3.05) is 30.5 Å². The van der Waals surface area contributed by atoms with E-state index in [1.54, 1.807) is 16.9 Å². The quantitative estimate of drug-likeness (QED) is 0.689. The van der Waals surface area contributed by atoms with Crippen LogP contribution in [0.5, 0.6) is 5.75 Å². The molecule has 2 heterocycles. The summed E-state index contributed by atoms with van der Waals surface area (Å²) in [5.74, 6) is -2.52. The van der Waals surface area contributed by atoms with Gasteiger partial charge in [0.2, 0.25) is 0 Å². The van der Waals surface area contributed by atoms with Crippen molar-refractivity contribution in [3.63, 3.8) is 0 Å². The van der Waals surface area contributed by atoms with Crippen LogP contribution in [0.15, 0.2) is 30.3 Å². The number of amides is 1. The highest BCUT2D eigenvalue weighted by molar-refractivity contribution is 7.92. The van der Waals surface area contributed by atoms with Gasteiger partial charge in [-0.15, -0.1) is 0 Å². The van der Waals surface area contributed by atoms with E-state index in [0.29, 0.717) is 21.7 Å². The van der Waals surface area contributed by atoms with Gasteiger partial charge in [0, 0.05) is 18.5 Å². The minimum atomic E-state index is -4.33. The molecule has 2 aliphatic heterocycles. The fraction of sp³-hybridized carbons (Fsp3) is 0.316. The Morgan fingerprint density at radius 2 is 1.94 bits per heavy atom. The Hall–Kier alpha value is -2.86. The first-order valence-electron chi connectivity index (χ1n) is 9.22. The van der Waals surface area contributed by atoms with Crippen molar-refractivity contribution in [1.29, 1.82) is 0 Å². The van der Waals surface area contributed by atoms with Gasteiger partial charge < -0.3 is 5.11 Å². The van der Waals surface area contributed by atoms with Gasteiger partial charge in [0.05, 0.1) is 6.54 Å². The molecule has 0 atom stereocenters. The van der Waals surface area contributed by atoms with E-state index in [9.17, 15) is 31.5 Å². The van der Waals surface area contributed by atoms with Crippen LogP contribution in [0.2, 0.25) is 0 Å². The van der Waals surface area contributed by atoms with Gasteiger partial charge in [-0.2, -0.15) is 21.6 Å². The molecule has 2 aromatic rings. The van der Waals surface area contributed by atoms with Gasteiger partial charge in [-0.3, -0.25) is 9.69 Å². The number of nitrogens with one attached hydrogen (secondary N) is 1. The van der Waals surface area contributed by atoms with Crippen molar-refractivity contribution < 1.29 is 35.9 Å². The number of fused-ring (bicyclic) bond motifs is 1. The van der Waals surface area contributed by atoms with Crippen molar-refractivity contribution in [1.82, 2.24) is 9.62 Å². The summed E-state index contributed by atoms with van der Waals surface area (Å²) >= 11 is 0. The van der Waals surface area contributed by atoms with Gasteiger partial charge in [0.1, 0.15) is 18.0 Å². The predicted molar refractivity (Wildman–Crippen MR) is 105 cm³/mol. The SMILES string of the molecule is O=C1CN(c2c(O)cc3ccc(C4=CCN(CC(F)(F)F)CC4)cc3c2F)S(=O)(=O)N1. The van der Waals surface area contributed by atoms with Crippen molar-refractivity contribution >= 4 is 38.1 Å².